The second-order valence-electron chi connectivity index (χ2n) is 8.81. The lowest BCUT2D eigenvalue weighted by Gasteiger charge is -2.30. The van der Waals surface area contributed by atoms with E-state index in [9.17, 15) is 9.59 Å². The first-order valence-electron chi connectivity index (χ1n) is 11.9. The van der Waals surface area contributed by atoms with Crippen molar-refractivity contribution in [2.75, 3.05) is 18.8 Å². The average molecular weight is 519 g/mol. The number of nitrogens with two attached hydrogens (primary N) is 2. The topological polar surface area (TPSA) is 142 Å². The van der Waals surface area contributed by atoms with Crippen LogP contribution in [0.15, 0.2) is 67.5 Å². The van der Waals surface area contributed by atoms with Crippen LogP contribution in [0.25, 0.3) is 0 Å². The Kier molecular flexibility index (Phi) is 8.27. The summed E-state index contributed by atoms with van der Waals surface area (Å²) in [5, 5.41) is 14.1. The Morgan fingerprint density at radius 2 is 1.97 bits per heavy atom. The first kappa shape index (κ1) is 26.0. The number of carbonyl (C=O) groups is 2. The zero-order valence-corrected chi connectivity index (χ0v) is 21.0. The van der Waals surface area contributed by atoms with Gasteiger partial charge < -0.3 is 16.0 Å². The molecule has 1 aliphatic heterocycles. The number of likely N-dealkylation sites (tertiary alicyclic amines) is 1. The van der Waals surface area contributed by atoms with Crippen LogP contribution in [0, 0.1) is 5.41 Å². The van der Waals surface area contributed by atoms with Crippen molar-refractivity contribution in [1.82, 2.24) is 20.2 Å². The fourth-order valence-electron chi connectivity index (χ4n) is 4.35. The predicted octanol–water partition coefficient (Wildman–Crippen LogP) is 2.43. The third kappa shape index (κ3) is 6.19. The molecule has 1 aromatic heterocycles. The number of rotatable bonds is 8. The van der Waals surface area contributed by atoms with Crippen molar-refractivity contribution in [3.63, 3.8) is 0 Å². The van der Waals surface area contributed by atoms with Crippen LogP contribution >= 0.6 is 11.6 Å². The standard InChI is InChI=1S/C27H28ClN7O2/c1-2-22(36)35-13-5-6-19(15-35)34-26-23(25(30)32-16-33-26)24(29)18-11-9-17(10-12-18)14-31-27(37)20-7-3-4-8-21(20)28/h2-4,7-12,16,19,29H,1,5-6,13-15H2,(H,31,37)(H3,30,32,33,34)/p+1. The Morgan fingerprint density at radius 3 is 2.70 bits per heavy atom. The maximum Gasteiger partial charge on any atom is 0.253 e. The van der Waals surface area contributed by atoms with Gasteiger partial charge in [0.25, 0.3) is 5.91 Å². The van der Waals surface area contributed by atoms with Crippen LogP contribution < -0.4 is 16.4 Å². The molecule has 1 unspecified atom stereocenters. The SMILES string of the molecule is C=CC(=O)N1CCCC([NH2+]c2ncnc(N)c2C(=N)c2ccc(CNC(=O)c3ccccc3Cl)cc2)C1. The van der Waals surface area contributed by atoms with Crippen LogP contribution in [-0.4, -0.2) is 51.5 Å². The molecule has 2 amide bonds. The number of nitrogens with one attached hydrogen (secondary N) is 2. The van der Waals surface area contributed by atoms with Crippen molar-refractivity contribution in [3.8, 4) is 0 Å². The van der Waals surface area contributed by atoms with Crippen molar-refractivity contribution in [2.24, 2.45) is 0 Å². The lowest BCUT2D eigenvalue weighted by atomic mass is 10.0. The Hall–Kier alpha value is -4.08. The van der Waals surface area contributed by atoms with Crippen LogP contribution in [0.3, 0.4) is 0 Å². The van der Waals surface area contributed by atoms with Crippen molar-refractivity contribution in [3.05, 3.63) is 94.8 Å². The first-order chi connectivity index (χ1) is 17.9. The molecule has 6 N–H and O–H groups in total. The van der Waals surface area contributed by atoms with E-state index < -0.39 is 0 Å². The highest BCUT2D eigenvalue weighted by molar-refractivity contribution is 6.33. The molecule has 2 aromatic carbocycles. The van der Waals surface area contributed by atoms with E-state index in [-0.39, 0.29) is 29.4 Å². The molecule has 1 saturated heterocycles. The molecule has 190 valence electrons. The molecule has 4 rings (SSSR count). The normalized spacial score (nSPS) is 15.2. The fourth-order valence-corrected chi connectivity index (χ4v) is 4.57. The van der Waals surface area contributed by atoms with Crippen molar-refractivity contribution in [2.45, 2.75) is 25.4 Å². The predicted molar refractivity (Wildman–Crippen MR) is 143 cm³/mol. The van der Waals surface area contributed by atoms with Crippen LogP contribution in [0.2, 0.25) is 5.02 Å². The summed E-state index contributed by atoms with van der Waals surface area (Å²) in [7, 11) is 0. The van der Waals surface area contributed by atoms with Gasteiger partial charge in [0.15, 0.2) is 0 Å². The lowest BCUT2D eigenvalue weighted by Crippen LogP contribution is -2.88. The van der Waals surface area contributed by atoms with E-state index in [0.29, 0.717) is 47.2 Å². The molecule has 0 aliphatic carbocycles. The Morgan fingerprint density at radius 1 is 1.22 bits per heavy atom. The highest BCUT2D eigenvalue weighted by Gasteiger charge is 2.28. The molecule has 1 fully saturated rings. The first-order valence-corrected chi connectivity index (χ1v) is 12.3. The van der Waals surface area contributed by atoms with Gasteiger partial charge in [0, 0.05) is 25.1 Å². The van der Waals surface area contributed by atoms with E-state index in [4.69, 9.17) is 22.7 Å². The number of nitrogens with zero attached hydrogens (tertiary/aromatic N) is 3. The summed E-state index contributed by atoms with van der Waals surface area (Å²) in [5.41, 5.74) is 8.78. The summed E-state index contributed by atoms with van der Waals surface area (Å²) in [6, 6.07) is 14.3. The zero-order chi connectivity index (χ0) is 26.4. The molecule has 37 heavy (non-hydrogen) atoms. The number of nitrogen functional groups attached to an aromatic ring is 1. The smallest absolute Gasteiger partial charge is 0.253 e. The number of quaternary nitrogens is 1. The van der Waals surface area contributed by atoms with Crippen molar-refractivity contribution in [1.29, 1.82) is 5.41 Å². The molecule has 0 radical (unpaired) electrons. The molecule has 0 saturated carbocycles. The van der Waals surface area contributed by atoms with Gasteiger partial charge in [-0.2, -0.15) is 4.98 Å². The van der Waals surface area contributed by atoms with E-state index in [1.165, 1.54) is 12.4 Å². The number of anilines is 1. The second-order valence-corrected chi connectivity index (χ2v) is 9.22. The van der Waals surface area contributed by atoms with Crippen LogP contribution in [0.1, 0.15) is 39.9 Å². The van der Waals surface area contributed by atoms with Crippen LogP contribution in [-0.2, 0) is 11.3 Å². The molecule has 0 bridgehead atoms. The number of hydrogen-bond acceptors (Lipinski definition) is 6. The van der Waals surface area contributed by atoms with E-state index in [1.807, 2.05) is 17.4 Å². The lowest BCUT2D eigenvalue weighted by molar-refractivity contribution is -0.616. The largest absolute Gasteiger partial charge is 0.383 e. The summed E-state index contributed by atoms with van der Waals surface area (Å²) in [4.78, 5) is 34.8. The van der Waals surface area contributed by atoms with E-state index in [1.54, 1.807) is 41.3 Å². The average Bonchev–Trinajstić information content (AvgIpc) is 2.92. The fraction of sp³-hybridized carbons (Fsp3) is 0.222. The third-order valence-electron chi connectivity index (χ3n) is 6.31. The van der Waals surface area contributed by atoms with Gasteiger partial charge in [-0.1, -0.05) is 54.6 Å². The maximum absolute atomic E-state index is 12.4. The van der Waals surface area contributed by atoms with Crippen molar-refractivity contribution < 1.29 is 14.9 Å². The number of aromatic nitrogens is 2. The third-order valence-corrected chi connectivity index (χ3v) is 6.64. The van der Waals surface area contributed by atoms with Gasteiger partial charge >= 0.3 is 0 Å². The van der Waals surface area contributed by atoms with Gasteiger partial charge in [-0.3, -0.25) is 20.3 Å². The Balaban J connectivity index is 1.45. The van der Waals surface area contributed by atoms with E-state index >= 15 is 0 Å². The van der Waals surface area contributed by atoms with Gasteiger partial charge in [0.05, 0.1) is 22.8 Å². The minimum Gasteiger partial charge on any atom is -0.383 e. The van der Waals surface area contributed by atoms with Gasteiger partial charge in [0.2, 0.25) is 11.7 Å². The van der Waals surface area contributed by atoms with Gasteiger partial charge in [-0.05, 0) is 30.2 Å². The van der Waals surface area contributed by atoms with Crippen LogP contribution in [0.4, 0.5) is 11.6 Å². The molecule has 9 nitrogen and oxygen atoms in total. The van der Waals surface area contributed by atoms with Gasteiger partial charge in [-0.25, -0.2) is 4.98 Å². The number of benzene rings is 2. The highest BCUT2D eigenvalue weighted by Crippen LogP contribution is 2.20. The molecule has 1 aliphatic rings. The molecular weight excluding hydrogens is 490 g/mol. The summed E-state index contributed by atoms with van der Waals surface area (Å²) < 4.78 is 0. The number of hydrogen-bond donors (Lipinski definition) is 4. The molecule has 10 heteroatoms. The monoisotopic (exact) mass is 518 g/mol. The number of halogens is 1. The van der Waals surface area contributed by atoms with E-state index in [2.05, 4.69) is 21.9 Å². The summed E-state index contributed by atoms with van der Waals surface area (Å²) in [6.45, 7) is 5.16. The highest BCUT2D eigenvalue weighted by atomic mass is 35.5. The number of piperidine rings is 1. The molecular formula is C27H29ClN7O2+. The maximum atomic E-state index is 12.4. The summed E-state index contributed by atoms with van der Waals surface area (Å²) >= 11 is 6.10. The number of carbonyl (C=O) groups excluding carboxylic acids is 2. The quantitative estimate of drug-likeness (QED) is 0.267. The van der Waals surface area contributed by atoms with Crippen LogP contribution in [0.5, 0.6) is 0 Å². The van der Waals surface area contributed by atoms with Crippen molar-refractivity contribution >= 4 is 40.8 Å². The minimum atomic E-state index is -0.257. The molecule has 0 spiro atoms. The van der Waals surface area contributed by atoms with E-state index in [0.717, 1.165) is 18.4 Å². The molecule has 3 aromatic rings. The molecule has 2 heterocycles. The zero-order valence-electron chi connectivity index (χ0n) is 20.3. The number of amides is 2. The van der Waals surface area contributed by atoms with Gasteiger partial charge in [0.1, 0.15) is 23.8 Å². The summed E-state index contributed by atoms with van der Waals surface area (Å²) in [5.74, 6) is 0.452. The summed E-state index contributed by atoms with van der Waals surface area (Å²) in [6.07, 6.45) is 4.51. The van der Waals surface area contributed by atoms with Gasteiger partial charge in [-0.15, -0.1) is 0 Å². The Labute approximate surface area is 220 Å². The minimum absolute atomic E-state index is 0.0857. The second kappa shape index (κ2) is 11.8. The molecule has 1 atom stereocenters. The Bertz CT molecular complexity index is 1330.